The zero-order valence-electron chi connectivity index (χ0n) is 24.7. The Morgan fingerprint density at radius 1 is 1.20 bits per heavy atom. The van der Waals surface area contributed by atoms with Crippen LogP contribution in [0.1, 0.15) is 31.1 Å². The van der Waals surface area contributed by atoms with Crippen LogP contribution in [-0.2, 0) is 20.3 Å². The number of ether oxygens (including phenoxy) is 2. The zero-order chi connectivity index (χ0) is 32.0. The molecule has 13 nitrogen and oxygen atoms in total. The van der Waals surface area contributed by atoms with Crippen molar-refractivity contribution < 1.29 is 37.5 Å². The average molecular weight is 661 g/mol. The summed E-state index contributed by atoms with van der Waals surface area (Å²) in [6.07, 6.45) is 5.17. The van der Waals surface area contributed by atoms with Gasteiger partial charge in [0.25, 0.3) is 0 Å². The number of phosphoric ester groups is 1. The van der Waals surface area contributed by atoms with E-state index < -0.39 is 19.7 Å². The lowest BCUT2D eigenvalue weighted by Crippen LogP contribution is -2.47. The van der Waals surface area contributed by atoms with Crippen molar-refractivity contribution in [2.45, 2.75) is 44.8 Å². The van der Waals surface area contributed by atoms with E-state index in [1.54, 1.807) is 31.3 Å². The van der Waals surface area contributed by atoms with Crippen molar-refractivity contribution in [2.24, 2.45) is 0 Å². The van der Waals surface area contributed by atoms with Crippen LogP contribution >= 0.6 is 19.2 Å². The Labute approximate surface area is 263 Å². The number of carbonyl (C=O) groups is 1. The van der Waals surface area contributed by atoms with E-state index in [-0.39, 0.29) is 18.4 Å². The fourth-order valence-corrected chi connectivity index (χ4v) is 6.68. The lowest BCUT2D eigenvalue weighted by molar-refractivity contribution is -0.115. The van der Waals surface area contributed by atoms with E-state index in [9.17, 15) is 23.5 Å². The number of rotatable bonds is 13. The van der Waals surface area contributed by atoms with Crippen molar-refractivity contribution in [1.29, 1.82) is 0 Å². The third-order valence-electron chi connectivity index (χ3n) is 7.29. The molecule has 5 rings (SSSR count). The van der Waals surface area contributed by atoms with Crippen LogP contribution in [0.3, 0.4) is 0 Å². The number of hydrogen-bond acceptors (Lipinski definition) is 11. The maximum Gasteiger partial charge on any atom is 0.469 e. The quantitative estimate of drug-likeness (QED) is 0.144. The number of fused-ring (bicyclic) bond motifs is 1. The second kappa shape index (κ2) is 14.6. The molecule has 45 heavy (non-hydrogen) atoms. The van der Waals surface area contributed by atoms with Crippen LogP contribution in [0.25, 0.3) is 10.9 Å². The number of aromatic nitrogens is 3. The first-order valence-corrected chi connectivity index (χ1v) is 16.6. The van der Waals surface area contributed by atoms with Gasteiger partial charge in [-0.05, 0) is 50.6 Å². The highest BCUT2D eigenvalue weighted by Crippen LogP contribution is 2.40. The largest absolute Gasteiger partial charge is 0.493 e. The second-order valence-electron chi connectivity index (χ2n) is 10.5. The molecule has 1 fully saturated rings. The SMILES string of the molecule is COc1cc2c(Nc3ncc(CC(=O)Nc4cccc(F)c4)s3)ncnc2cc1OCCN1CCCCC1C(C)OP(=O)(O)O. The molecule has 16 heteroatoms. The number of carbonyl (C=O) groups excluding carboxylic acids is 1. The number of phosphoric acid groups is 1. The fourth-order valence-electron chi connectivity index (χ4n) is 5.30. The Kier molecular flexibility index (Phi) is 10.6. The minimum atomic E-state index is -4.59. The molecule has 1 aliphatic heterocycles. The fraction of sp³-hybridized carbons (Fsp3) is 0.379. The van der Waals surface area contributed by atoms with E-state index in [0.717, 1.165) is 25.8 Å². The Hall–Kier alpha value is -3.72. The first-order valence-electron chi connectivity index (χ1n) is 14.3. The molecule has 3 heterocycles. The molecule has 240 valence electrons. The third-order valence-corrected chi connectivity index (χ3v) is 8.81. The van der Waals surface area contributed by atoms with Crippen LogP contribution in [0.2, 0.25) is 0 Å². The normalized spacial score (nSPS) is 16.3. The van der Waals surface area contributed by atoms with E-state index >= 15 is 0 Å². The maximum absolute atomic E-state index is 13.4. The number of halogens is 1. The van der Waals surface area contributed by atoms with Crippen LogP contribution in [0.5, 0.6) is 11.5 Å². The summed E-state index contributed by atoms with van der Waals surface area (Å²) in [7, 11) is -3.05. The number of nitrogens with one attached hydrogen (secondary N) is 2. The van der Waals surface area contributed by atoms with Gasteiger partial charge in [0.2, 0.25) is 5.91 Å². The summed E-state index contributed by atoms with van der Waals surface area (Å²) in [6, 6.07) is 9.10. The van der Waals surface area contributed by atoms with E-state index in [1.807, 2.05) is 0 Å². The number of nitrogens with zero attached hydrogens (tertiary/aromatic N) is 4. The van der Waals surface area contributed by atoms with Gasteiger partial charge in [-0.1, -0.05) is 12.5 Å². The van der Waals surface area contributed by atoms with Gasteiger partial charge < -0.3 is 29.9 Å². The number of amides is 1. The summed E-state index contributed by atoms with van der Waals surface area (Å²) < 4.78 is 41.5. The summed E-state index contributed by atoms with van der Waals surface area (Å²) in [5.41, 5.74) is 0.986. The van der Waals surface area contributed by atoms with Gasteiger partial charge in [0.15, 0.2) is 16.6 Å². The molecule has 4 N–H and O–H groups in total. The molecular weight excluding hydrogens is 626 g/mol. The standard InChI is InChI=1S/C29H34FN6O7PS/c1-18(43-44(38,39)40)24-8-3-4-9-36(24)10-11-42-26-15-23-22(14-25(26)41-2)28(33-17-32-23)35-29-31-16-21(45-29)13-27(37)34-20-7-5-6-19(30)12-20/h5-7,12,14-18,24H,3-4,8-11,13H2,1-2H3,(H,34,37)(H2,38,39,40)(H,31,32,33,35). The van der Waals surface area contributed by atoms with Gasteiger partial charge in [0.1, 0.15) is 24.6 Å². The summed E-state index contributed by atoms with van der Waals surface area (Å²) in [5, 5.41) is 7.06. The van der Waals surface area contributed by atoms with Crippen LogP contribution < -0.4 is 20.1 Å². The summed E-state index contributed by atoms with van der Waals surface area (Å²) in [6.45, 7) is 3.30. The first-order chi connectivity index (χ1) is 21.6. The van der Waals surface area contributed by atoms with Crippen molar-refractivity contribution in [3.8, 4) is 11.5 Å². The predicted octanol–water partition coefficient (Wildman–Crippen LogP) is 4.89. The Morgan fingerprint density at radius 2 is 2.04 bits per heavy atom. The highest BCUT2D eigenvalue weighted by Gasteiger charge is 2.32. The topological polar surface area (TPSA) is 168 Å². The van der Waals surface area contributed by atoms with Crippen LogP contribution in [0.4, 0.5) is 21.0 Å². The lowest BCUT2D eigenvalue weighted by atomic mass is 9.98. The number of methoxy groups -OCH3 is 1. The number of thiazole rings is 1. The van der Waals surface area contributed by atoms with Gasteiger partial charge in [0.05, 0.1) is 25.2 Å². The molecule has 1 amide bonds. The number of anilines is 3. The third kappa shape index (κ3) is 8.93. The van der Waals surface area contributed by atoms with Crippen LogP contribution in [-0.4, -0.2) is 74.5 Å². The molecule has 2 aromatic carbocycles. The molecule has 1 aliphatic rings. The molecule has 2 atom stereocenters. The van der Waals surface area contributed by atoms with Crippen LogP contribution in [0, 0.1) is 5.82 Å². The number of benzene rings is 2. The van der Waals surface area contributed by atoms with Gasteiger partial charge in [-0.15, -0.1) is 11.3 Å². The van der Waals surface area contributed by atoms with Crippen molar-refractivity contribution >= 4 is 52.6 Å². The molecule has 0 bridgehead atoms. The molecule has 2 unspecified atom stereocenters. The van der Waals surface area contributed by atoms with Crippen molar-refractivity contribution in [1.82, 2.24) is 19.9 Å². The number of likely N-dealkylation sites (tertiary alicyclic amines) is 1. The molecule has 0 spiro atoms. The van der Waals surface area contributed by atoms with Gasteiger partial charge in [-0.2, -0.15) is 0 Å². The molecule has 0 aliphatic carbocycles. The van der Waals surface area contributed by atoms with Gasteiger partial charge >= 0.3 is 7.82 Å². The summed E-state index contributed by atoms with van der Waals surface area (Å²) >= 11 is 1.29. The highest BCUT2D eigenvalue weighted by atomic mass is 32.1. The van der Waals surface area contributed by atoms with Crippen molar-refractivity contribution in [2.75, 3.05) is 37.4 Å². The Bertz CT molecular complexity index is 1690. The van der Waals surface area contributed by atoms with Gasteiger partial charge in [-0.25, -0.2) is 23.9 Å². The summed E-state index contributed by atoms with van der Waals surface area (Å²) in [5.74, 6) is 0.732. The zero-order valence-corrected chi connectivity index (χ0v) is 26.4. The summed E-state index contributed by atoms with van der Waals surface area (Å²) in [4.78, 5) is 46.9. The molecular formula is C29H34FN6O7PS. The average Bonchev–Trinajstić information content (AvgIpc) is 3.42. The minimum Gasteiger partial charge on any atom is -0.493 e. The van der Waals surface area contributed by atoms with Crippen molar-refractivity contribution in [3.63, 3.8) is 0 Å². The van der Waals surface area contributed by atoms with E-state index in [2.05, 4.69) is 30.5 Å². The van der Waals surface area contributed by atoms with E-state index in [4.69, 9.17) is 14.0 Å². The number of hydrogen-bond donors (Lipinski definition) is 4. The molecule has 1 saturated heterocycles. The van der Waals surface area contributed by atoms with Gasteiger partial charge in [-0.3, -0.25) is 14.2 Å². The van der Waals surface area contributed by atoms with E-state index in [0.29, 0.717) is 57.1 Å². The maximum atomic E-state index is 13.4. The monoisotopic (exact) mass is 660 g/mol. The predicted molar refractivity (Wildman–Crippen MR) is 168 cm³/mol. The molecule has 2 aromatic heterocycles. The lowest BCUT2D eigenvalue weighted by Gasteiger charge is -2.38. The van der Waals surface area contributed by atoms with Gasteiger partial charge in [0, 0.05) is 40.8 Å². The van der Waals surface area contributed by atoms with E-state index in [1.165, 1.54) is 43.0 Å². The smallest absolute Gasteiger partial charge is 0.469 e. The highest BCUT2D eigenvalue weighted by molar-refractivity contribution is 7.46. The van der Waals surface area contributed by atoms with Crippen molar-refractivity contribution in [3.05, 3.63) is 59.6 Å². The Balaban J connectivity index is 1.23. The first kappa shape index (κ1) is 32.7. The molecule has 0 saturated carbocycles. The second-order valence-corrected chi connectivity index (χ2v) is 12.8. The molecule has 0 radical (unpaired) electrons. The number of piperidine rings is 1. The Morgan fingerprint density at radius 3 is 2.82 bits per heavy atom. The molecule has 4 aromatic rings. The minimum absolute atomic E-state index is 0.0721. The van der Waals surface area contributed by atoms with Crippen LogP contribution in [0.15, 0.2) is 48.9 Å².